The number of pyridine rings is 2. The maximum absolute atomic E-state index is 11.8. The molecule has 0 saturated heterocycles. The molecule has 0 saturated carbocycles. The molecule has 0 radical (unpaired) electrons. The van der Waals surface area contributed by atoms with Crippen molar-refractivity contribution in [2.75, 3.05) is 13.2 Å². The van der Waals surface area contributed by atoms with Crippen LogP contribution in [0.15, 0.2) is 67.0 Å². The lowest BCUT2D eigenvalue weighted by atomic mass is 9.90. The maximum atomic E-state index is 11.8. The monoisotopic (exact) mass is 471 g/mol. The Hall–Kier alpha value is -3.09. The first-order chi connectivity index (χ1) is 17.3. The van der Waals surface area contributed by atoms with Gasteiger partial charge >= 0.3 is 0 Å². The molecule has 2 aromatic heterocycles. The minimum absolute atomic E-state index is 0.226. The van der Waals surface area contributed by atoms with E-state index >= 15 is 0 Å². The first kappa shape index (κ1) is 25.0. The summed E-state index contributed by atoms with van der Waals surface area (Å²) < 4.78 is 0. The van der Waals surface area contributed by atoms with E-state index < -0.39 is 0 Å². The first-order valence-corrected chi connectivity index (χ1v) is 12.8. The van der Waals surface area contributed by atoms with Crippen LogP contribution in [0.25, 0.3) is 0 Å². The summed E-state index contributed by atoms with van der Waals surface area (Å²) in [6.07, 6.45) is 10.1. The van der Waals surface area contributed by atoms with Gasteiger partial charge in [-0.2, -0.15) is 0 Å². The molecule has 35 heavy (non-hydrogen) atoms. The van der Waals surface area contributed by atoms with Crippen LogP contribution in [0.4, 0.5) is 0 Å². The van der Waals surface area contributed by atoms with Crippen LogP contribution < -0.4 is 5.32 Å². The second kappa shape index (κ2) is 13.1. The molecule has 4 rings (SSSR count). The van der Waals surface area contributed by atoms with Gasteiger partial charge in [-0.25, -0.2) is 0 Å². The van der Waals surface area contributed by atoms with Crippen molar-refractivity contribution >= 4 is 6.41 Å². The number of nitrogens with one attached hydrogen (secondary N) is 1. The zero-order chi connectivity index (χ0) is 24.3. The lowest BCUT2D eigenvalue weighted by Crippen LogP contribution is -2.41. The molecule has 1 aliphatic carbocycles. The van der Waals surface area contributed by atoms with Gasteiger partial charge in [-0.3, -0.25) is 19.7 Å². The number of amides is 1. The van der Waals surface area contributed by atoms with Crippen LogP contribution in [0.5, 0.6) is 0 Å². The summed E-state index contributed by atoms with van der Waals surface area (Å²) in [6, 6.07) is 19.3. The van der Waals surface area contributed by atoms with E-state index in [9.17, 15) is 4.79 Å². The van der Waals surface area contributed by atoms with Gasteiger partial charge in [0.25, 0.3) is 0 Å². The Morgan fingerprint density at radius 3 is 2.60 bits per heavy atom. The lowest BCUT2D eigenvalue weighted by molar-refractivity contribution is -0.121. The predicted molar refractivity (Wildman–Crippen MR) is 139 cm³/mol. The van der Waals surface area contributed by atoms with Crippen LogP contribution in [0.3, 0.4) is 0 Å². The highest BCUT2D eigenvalue weighted by atomic mass is 16.1. The summed E-state index contributed by atoms with van der Waals surface area (Å²) in [4.78, 5) is 25.3. The van der Waals surface area contributed by atoms with E-state index in [1.54, 1.807) is 0 Å². The highest BCUT2D eigenvalue weighted by Gasteiger charge is 2.28. The Bertz CT molecular complexity index is 1040. The molecule has 0 spiro atoms. The fourth-order valence-corrected chi connectivity index (χ4v) is 4.79. The van der Waals surface area contributed by atoms with Gasteiger partial charge < -0.3 is 10.2 Å². The van der Waals surface area contributed by atoms with Gasteiger partial charge in [-0.05, 0) is 60.6 Å². The molecule has 6 heteroatoms. The molecular weight excluding hydrogens is 434 g/mol. The Labute approximate surface area is 209 Å². The molecule has 0 fully saturated rings. The fourth-order valence-electron chi connectivity index (χ4n) is 4.79. The third kappa shape index (κ3) is 7.20. The van der Waals surface area contributed by atoms with Gasteiger partial charge in [-0.1, -0.05) is 49.7 Å². The largest absolute Gasteiger partial charge is 0.332 e. The van der Waals surface area contributed by atoms with Crippen molar-refractivity contribution in [3.05, 3.63) is 95.1 Å². The number of unbranched alkanes of at least 4 members (excludes halogenated alkanes) is 1. The Morgan fingerprint density at radius 2 is 1.83 bits per heavy atom. The summed E-state index contributed by atoms with van der Waals surface area (Å²) in [5.41, 5.74) is 6.06. The average Bonchev–Trinajstić information content (AvgIpc) is 2.91. The van der Waals surface area contributed by atoms with Gasteiger partial charge in [0.15, 0.2) is 0 Å². The predicted octanol–water partition coefficient (Wildman–Crippen LogP) is 4.86. The summed E-state index contributed by atoms with van der Waals surface area (Å²) in [5, 5.41) is 3.47. The molecule has 1 unspecified atom stereocenters. The van der Waals surface area contributed by atoms with Crippen LogP contribution in [0.2, 0.25) is 0 Å². The Morgan fingerprint density at radius 1 is 1.00 bits per heavy atom. The number of fused-ring (bicyclic) bond motifs is 1. The molecule has 1 aromatic carbocycles. The molecule has 1 amide bonds. The number of carbonyl (C=O) groups is 1. The molecule has 184 valence electrons. The highest BCUT2D eigenvalue weighted by molar-refractivity contribution is 5.46. The van der Waals surface area contributed by atoms with Gasteiger partial charge in [0.2, 0.25) is 6.41 Å². The Kier molecular flexibility index (Phi) is 9.38. The van der Waals surface area contributed by atoms with Crippen molar-refractivity contribution in [1.29, 1.82) is 0 Å². The molecule has 1 atom stereocenters. The normalized spacial score (nSPS) is 15.1. The van der Waals surface area contributed by atoms with Crippen LogP contribution in [-0.4, -0.2) is 39.4 Å². The molecule has 1 aliphatic rings. The standard InChI is InChI=1S/C29H37N5O/c1-2-3-18-33(23-35)22-34(28-11-6-8-26-9-7-17-32-29(26)28)21-25-14-12-24(13-15-25)19-30-20-27-10-4-5-16-31-27/h4-5,7,9-10,12-17,23,28,30H,2-3,6,8,11,18-22H2,1H3. The third-order valence-corrected chi connectivity index (χ3v) is 6.69. The van der Waals surface area contributed by atoms with Crippen LogP contribution >= 0.6 is 0 Å². The van der Waals surface area contributed by atoms with Crippen LogP contribution in [-0.2, 0) is 30.8 Å². The zero-order valence-electron chi connectivity index (χ0n) is 20.8. The van der Waals surface area contributed by atoms with Crippen molar-refractivity contribution in [3.63, 3.8) is 0 Å². The van der Waals surface area contributed by atoms with Crippen molar-refractivity contribution < 1.29 is 4.79 Å². The van der Waals surface area contributed by atoms with E-state index in [0.717, 1.165) is 70.4 Å². The van der Waals surface area contributed by atoms with E-state index in [0.29, 0.717) is 6.67 Å². The van der Waals surface area contributed by atoms with Gasteiger partial charge in [0.1, 0.15) is 0 Å². The maximum Gasteiger partial charge on any atom is 0.210 e. The van der Waals surface area contributed by atoms with Gasteiger partial charge in [0, 0.05) is 38.6 Å². The van der Waals surface area contributed by atoms with E-state index in [-0.39, 0.29) is 6.04 Å². The number of hydrogen-bond donors (Lipinski definition) is 1. The van der Waals surface area contributed by atoms with E-state index in [1.807, 2.05) is 41.6 Å². The number of rotatable bonds is 13. The number of carbonyl (C=O) groups excluding carboxylic acids is 1. The second-order valence-corrected chi connectivity index (χ2v) is 9.36. The van der Waals surface area contributed by atoms with Gasteiger partial charge in [0.05, 0.1) is 24.1 Å². The summed E-state index contributed by atoms with van der Waals surface area (Å²) in [6.45, 7) is 5.92. The van der Waals surface area contributed by atoms with Crippen molar-refractivity contribution in [3.8, 4) is 0 Å². The fraction of sp³-hybridized carbons (Fsp3) is 0.414. The smallest absolute Gasteiger partial charge is 0.210 e. The SMILES string of the molecule is CCCCN(C=O)CN(Cc1ccc(CNCc2ccccn2)cc1)C1CCCc2cccnc21. The molecule has 0 aliphatic heterocycles. The summed E-state index contributed by atoms with van der Waals surface area (Å²) in [7, 11) is 0. The molecule has 2 heterocycles. The van der Waals surface area contributed by atoms with Gasteiger partial charge in [-0.15, -0.1) is 0 Å². The van der Waals surface area contributed by atoms with Crippen molar-refractivity contribution in [1.82, 2.24) is 25.1 Å². The van der Waals surface area contributed by atoms with Crippen molar-refractivity contribution in [2.24, 2.45) is 0 Å². The molecular formula is C29H37N5O. The highest BCUT2D eigenvalue weighted by Crippen LogP contribution is 2.33. The minimum Gasteiger partial charge on any atom is -0.332 e. The third-order valence-electron chi connectivity index (χ3n) is 6.69. The number of aryl methyl sites for hydroxylation is 1. The molecule has 0 bridgehead atoms. The minimum atomic E-state index is 0.226. The lowest BCUT2D eigenvalue weighted by Gasteiger charge is -2.37. The molecule has 1 N–H and O–H groups in total. The van der Waals surface area contributed by atoms with E-state index in [4.69, 9.17) is 4.98 Å². The molecule has 6 nitrogen and oxygen atoms in total. The number of aromatic nitrogens is 2. The topological polar surface area (TPSA) is 61.4 Å². The Balaban J connectivity index is 1.44. The van der Waals surface area contributed by atoms with Crippen LogP contribution in [0.1, 0.15) is 66.7 Å². The quantitative estimate of drug-likeness (QED) is 0.285. The average molecular weight is 472 g/mol. The van der Waals surface area contributed by atoms with E-state index in [1.165, 1.54) is 22.4 Å². The number of benzene rings is 1. The zero-order valence-corrected chi connectivity index (χ0v) is 20.8. The number of hydrogen-bond acceptors (Lipinski definition) is 5. The molecule has 3 aromatic rings. The summed E-state index contributed by atoms with van der Waals surface area (Å²) >= 11 is 0. The second-order valence-electron chi connectivity index (χ2n) is 9.36. The van der Waals surface area contributed by atoms with Crippen LogP contribution in [0, 0.1) is 0 Å². The van der Waals surface area contributed by atoms with E-state index in [2.05, 4.69) is 52.5 Å². The summed E-state index contributed by atoms with van der Waals surface area (Å²) in [5.74, 6) is 0. The first-order valence-electron chi connectivity index (χ1n) is 12.8. The van der Waals surface area contributed by atoms with Crippen molar-refractivity contribution in [2.45, 2.75) is 64.7 Å². The number of nitrogens with zero attached hydrogens (tertiary/aromatic N) is 4.